The molecule has 0 saturated carbocycles. The first-order chi connectivity index (χ1) is 21.8. The van der Waals surface area contributed by atoms with E-state index in [1.54, 1.807) is 0 Å². The molecule has 0 bridgehead atoms. The predicted octanol–water partition coefficient (Wildman–Crippen LogP) is 8.73. The van der Waals surface area contributed by atoms with Gasteiger partial charge >= 0.3 is 6.98 Å². The highest BCUT2D eigenvalue weighted by molar-refractivity contribution is 6.74. The fourth-order valence-corrected chi connectivity index (χ4v) is 7.34. The van der Waals surface area contributed by atoms with Gasteiger partial charge in [-0.2, -0.15) is 0 Å². The molecule has 0 atom stereocenters. The summed E-state index contributed by atoms with van der Waals surface area (Å²) in [6, 6.07) is 49.7. The third-order valence-electron chi connectivity index (χ3n) is 9.14. The molecule has 0 fully saturated rings. The second kappa shape index (κ2) is 8.82. The molecular weight excluding hydrogens is 539 g/mol. The number of benzene rings is 5. The van der Waals surface area contributed by atoms with E-state index in [4.69, 9.17) is 4.74 Å². The molecule has 5 aromatic carbocycles. The molecule has 2 aliphatic heterocycles. The lowest BCUT2D eigenvalue weighted by Gasteiger charge is -2.40. The normalized spacial score (nSPS) is 13.1. The third-order valence-corrected chi connectivity index (χ3v) is 9.14. The summed E-state index contributed by atoms with van der Waals surface area (Å²) in [7, 11) is 0. The molecule has 0 amide bonds. The Labute approximate surface area is 254 Å². The van der Waals surface area contributed by atoms with Crippen LogP contribution in [-0.2, 0) is 0 Å². The van der Waals surface area contributed by atoms with Crippen molar-refractivity contribution >= 4 is 51.4 Å². The maximum atomic E-state index is 6.73. The standard InChI is InChI=1S/C38H25BN4O/c1-2-12-26(13-3-1)28-14-4-7-17-31(28)43-34-24-27(42-32-18-8-5-15-29(32)30-16-6-9-19-33(30)42)25-35-38(34)39(40-22-10-20-36(40)43)41-23-11-21-37(41)44-35/h1-25H. The first-order valence-corrected chi connectivity index (χ1v) is 15.0. The van der Waals surface area contributed by atoms with Crippen LogP contribution >= 0.6 is 0 Å². The van der Waals surface area contributed by atoms with Crippen LogP contribution in [0.25, 0.3) is 38.6 Å². The van der Waals surface area contributed by atoms with Crippen molar-refractivity contribution in [3.05, 3.63) is 152 Å². The average Bonchev–Trinajstić information content (AvgIpc) is 3.83. The summed E-state index contributed by atoms with van der Waals surface area (Å²) in [5.74, 6) is 2.82. The molecule has 6 heteroatoms. The molecule has 2 aliphatic rings. The zero-order valence-corrected chi connectivity index (χ0v) is 23.7. The van der Waals surface area contributed by atoms with Crippen LogP contribution in [0.2, 0.25) is 0 Å². The Morgan fingerprint density at radius 1 is 0.545 bits per heavy atom. The van der Waals surface area contributed by atoms with Crippen LogP contribution in [0.15, 0.2) is 152 Å². The largest absolute Gasteiger partial charge is 0.442 e. The van der Waals surface area contributed by atoms with Crippen molar-refractivity contribution in [3.63, 3.8) is 0 Å². The molecule has 0 aliphatic carbocycles. The van der Waals surface area contributed by atoms with Crippen molar-refractivity contribution in [2.24, 2.45) is 0 Å². The average molecular weight is 564 g/mol. The van der Waals surface area contributed by atoms with Gasteiger partial charge in [-0.1, -0.05) is 84.9 Å². The molecule has 0 unspecified atom stereocenters. The minimum absolute atomic E-state index is 0.0592. The van der Waals surface area contributed by atoms with E-state index < -0.39 is 0 Å². The SMILES string of the molecule is c1ccc(-c2ccccc2N2c3cc(-n4c5ccccc5c5ccccc54)cc4c3B(n3cccc3O4)n3cccc32)cc1. The Hall–Kier alpha value is -5.88. The van der Waals surface area contributed by atoms with Gasteiger partial charge in [-0.05, 0) is 66.5 Å². The van der Waals surface area contributed by atoms with Crippen molar-refractivity contribution in [1.29, 1.82) is 0 Å². The number of aromatic nitrogens is 3. The van der Waals surface area contributed by atoms with Crippen LogP contribution in [0.3, 0.4) is 0 Å². The molecule has 5 nitrogen and oxygen atoms in total. The Morgan fingerprint density at radius 3 is 2.05 bits per heavy atom. The lowest BCUT2D eigenvalue weighted by Crippen LogP contribution is -2.52. The second-order valence-corrected chi connectivity index (χ2v) is 11.5. The topological polar surface area (TPSA) is 27.3 Å². The molecule has 206 valence electrons. The highest BCUT2D eigenvalue weighted by Gasteiger charge is 2.43. The predicted molar refractivity (Wildman–Crippen MR) is 180 cm³/mol. The monoisotopic (exact) mass is 564 g/mol. The zero-order chi connectivity index (χ0) is 28.8. The molecule has 8 aromatic rings. The highest BCUT2D eigenvalue weighted by atomic mass is 16.5. The molecule has 5 heterocycles. The third kappa shape index (κ3) is 3.14. The number of hydrogen-bond donors (Lipinski definition) is 0. The van der Waals surface area contributed by atoms with E-state index in [2.05, 4.69) is 170 Å². The Bertz CT molecular complexity index is 2350. The summed E-state index contributed by atoms with van der Waals surface area (Å²) in [4.78, 5) is 2.41. The van der Waals surface area contributed by atoms with E-state index >= 15 is 0 Å². The van der Waals surface area contributed by atoms with Crippen LogP contribution < -0.4 is 15.1 Å². The van der Waals surface area contributed by atoms with Crippen LogP contribution in [0, 0.1) is 0 Å². The minimum Gasteiger partial charge on any atom is -0.442 e. The van der Waals surface area contributed by atoms with E-state index in [9.17, 15) is 0 Å². The van der Waals surface area contributed by atoms with Gasteiger partial charge in [0.2, 0.25) is 0 Å². The van der Waals surface area contributed by atoms with Gasteiger partial charge in [0, 0.05) is 27.9 Å². The van der Waals surface area contributed by atoms with Crippen LogP contribution in [-0.4, -0.2) is 20.5 Å². The second-order valence-electron chi connectivity index (χ2n) is 11.5. The van der Waals surface area contributed by atoms with Gasteiger partial charge in [0.25, 0.3) is 0 Å². The number of anilines is 3. The number of para-hydroxylation sites is 3. The molecule has 10 rings (SSSR count). The maximum Gasteiger partial charge on any atom is 0.429 e. The molecule has 0 saturated heterocycles. The van der Waals surface area contributed by atoms with Gasteiger partial charge in [0.15, 0.2) is 5.88 Å². The molecule has 0 N–H and O–H groups in total. The van der Waals surface area contributed by atoms with Gasteiger partial charge in [-0.25, -0.2) is 0 Å². The van der Waals surface area contributed by atoms with E-state index in [0.717, 1.165) is 40.0 Å². The molecular formula is C38H25BN4O. The molecule has 44 heavy (non-hydrogen) atoms. The van der Waals surface area contributed by atoms with E-state index in [1.165, 1.54) is 32.9 Å². The lowest BCUT2D eigenvalue weighted by molar-refractivity contribution is 0.453. The summed E-state index contributed by atoms with van der Waals surface area (Å²) < 4.78 is 13.7. The van der Waals surface area contributed by atoms with Crippen LogP contribution in [0.1, 0.15) is 0 Å². The van der Waals surface area contributed by atoms with Crippen molar-refractivity contribution in [2.75, 3.05) is 4.90 Å². The Morgan fingerprint density at radius 2 is 1.23 bits per heavy atom. The number of hydrogen-bond acceptors (Lipinski definition) is 2. The van der Waals surface area contributed by atoms with Crippen LogP contribution in [0.5, 0.6) is 11.6 Å². The summed E-state index contributed by atoms with van der Waals surface area (Å²) in [6.07, 6.45) is 4.30. The van der Waals surface area contributed by atoms with E-state index in [-0.39, 0.29) is 6.98 Å². The van der Waals surface area contributed by atoms with Gasteiger partial charge in [-0.3, -0.25) is 4.90 Å². The maximum absolute atomic E-state index is 6.73. The highest BCUT2D eigenvalue weighted by Crippen LogP contribution is 2.47. The quantitative estimate of drug-likeness (QED) is 0.201. The minimum atomic E-state index is -0.0592. The Balaban J connectivity index is 1.31. The van der Waals surface area contributed by atoms with E-state index in [1.807, 2.05) is 0 Å². The molecule has 0 radical (unpaired) electrons. The van der Waals surface area contributed by atoms with Gasteiger partial charge in [-0.15, -0.1) is 0 Å². The fraction of sp³-hybridized carbons (Fsp3) is 0. The first-order valence-electron chi connectivity index (χ1n) is 15.0. The zero-order valence-electron chi connectivity index (χ0n) is 23.7. The molecule has 3 aromatic heterocycles. The number of rotatable bonds is 3. The fourth-order valence-electron chi connectivity index (χ4n) is 7.34. The Kier molecular flexibility index (Phi) is 4.74. The van der Waals surface area contributed by atoms with Crippen molar-refractivity contribution < 1.29 is 4.74 Å². The van der Waals surface area contributed by atoms with E-state index in [0.29, 0.717) is 0 Å². The summed E-state index contributed by atoms with van der Waals surface area (Å²) in [5.41, 5.74) is 9.14. The van der Waals surface area contributed by atoms with Crippen molar-refractivity contribution in [1.82, 2.24) is 13.5 Å². The first kappa shape index (κ1) is 23.7. The summed E-state index contributed by atoms with van der Waals surface area (Å²) in [6.45, 7) is -0.0592. The number of fused-ring (bicyclic) bond motifs is 7. The van der Waals surface area contributed by atoms with Gasteiger partial charge in [0.05, 0.1) is 28.1 Å². The van der Waals surface area contributed by atoms with Gasteiger partial charge in [0.1, 0.15) is 11.6 Å². The summed E-state index contributed by atoms with van der Waals surface area (Å²) in [5, 5.41) is 2.48. The lowest BCUT2D eigenvalue weighted by atomic mass is 9.63. The smallest absolute Gasteiger partial charge is 0.429 e. The van der Waals surface area contributed by atoms with Gasteiger partial charge < -0.3 is 18.3 Å². The summed E-state index contributed by atoms with van der Waals surface area (Å²) >= 11 is 0. The van der Waals surface area contributed by atoms with Crippen molar-refractivity contribution in [3.8, 4) is 28.4 Å². The van der Waals surface area contributed by atoms with Crippen LogP contribution in [0.4, 0.5) is 17.2 Å². The van der Waals surface area contributed by atoms with Crippen molar-refractivity contribution in [2.45, 2.75) is 0 Å². The molecule has 0 spiro atoms. The number of nitrogens with zero attached hydrogens (tertiary/aromatic N) is 4. The number of ether oxygens (including phenoxy) is 1.